The lowest BCUT2D eigenvalue weighted by molar-refractivity contribution is -0.903. The molecule has 1 aromatic carbocycles. The van der Waals surface area contributed by atoms with Crippen LogP contribution in [-0.4, -0.2) is 58.1 Å². The van der Waals surface area contributed by atoms with Gasteiger partial charge in [-0.3, -0.25) is 4.55 Å². The van der Waals surface area contributed by atoms with Crippen molar-refractivity contribution in [3.63, 3.8) is 0 Å². The van der Waals surface area contributed by atoms with Crippen molar-refractivity contribution >= 4 is 10.1 Å². The Balaban J connectivity index is 2.70. The molecule has 0 aliphatic heterocycles. The van der Waals surface area contributed by atoms with Gasteiger partial charge < -0.3 is 14.0 Å². The maximum absolute atomic E-state index is 10.7. The van der Waals surface area contributed by atoms with E-state index in [1.165, 1.54) is 0 Å². The van der Waals surface area contributed by atoms with E-state index in [0.717, 1.165) is 12.1 Å². The number of quaternary nitrogens is 1. The van der Waals surface area contributed by atoms with Gasteiger partial charge in [-0.1, -0.05) is 0 Å². The average Bonchev–Trinajstić information content (AvgIpc) is 2.36. The maximum atomic E-state index is 10.7. The predicted molar refractivity (Wildman–Crippen MR) is 81.3 cm³/mol. The first-order valence-corrected chi connectivity index (χ1v) is 8.26. The van der Waals surface area contributed by atoms with Crippen LogP contribution in [0.25, 0.3) is 0 Å². The second kappa shape index (κ2) is 7.11. The van der Waals surface area contributed by atoms with Gasteiger partial charge >= 0.3 is 0 Å². The first-order chi connectivity index (χ1) is 9.67. The minimum absolute atomic E-state index is 0.208. The number of rotatable bonds is 8. The SMILES string of the molecule is COc1ccc(C[N+](C)(C)CCCS(=O)(=O)O)cc1OC. The Hall–Kier alpha value is -1.31. The van der Waals surface area contributed by atoms with Crippen molar-refractivity contribution < 1.29 is 26.9 Å². The van der Waals surface area contributed by atoms with E-state index >= 15 is 0 Å². The first-order valence-electron chi connectivity index (χ1n) is 6.65. The van der Waals surface area contributed by atoms with Crippen LogP contribution in [0.15, 0.2) is 18.2 Å². The molecule has 0 saturated carbocycles. The van der Waals surface area contributed by atoms with Crippen LogP contribution in [0.2, 0.25) is 0 Å². The predicted octanol–water partition coefficient (Wildman–Crippen LogP) is 1.56. The monoisotopic (exact) mass is 318 g/mol. The van der Waals surface area contributed by atoms with Crippen LogP contribution in [0.5, 0.6) is 11.5 Å². The fourth-order valence-electron chi connectivity index (χ4n) is 2.23. The highest BCUT2D eigenvalue weighted by Crippen LogP contribution is 2.28. The van der Waals surface area contributed by atoms with Gasteiger partial charge in [0.15, 0.2) is 11.5 Å². The minimum Gasteiger partial charge on any atom is -0.493 e. The van der Waals surface area contributed by atoms with E-state index in [-0.39, 0.29) is 5.75 Å². The third-order valence-electron chi connectivity index (χ3n) is 3.22. The molecule has 0 fully saturated rings. The van der Waals surface area contributed by atoms with Crippen LogP contribution in [0.4, 0.5) is 0 Å². The zero-order valence-corrected chi connectivity index (χ0v) is 13.8. The molecule has 0 spiro atoms. The molecule has 6 nitrogen and oxygen atoms in total. The summed E-state index contributed by atoms with van der Waals surface area (Å²) in [5.74, 6) is 1.14. The molecule has 1 rings (SSSR count). The topological polar surface area (TPSA) is 72.8 Å². The molecular formula is C14H24NO5S+. The quantitative estimate of drug-likeness (QED) is 0.582. The van der Waals surface area contributed by atoms with Crippen molar-refractivity contribution in [2.45, 2.75) is 13.0 Å². The fourth-order valence-corrected chi connectivity index (χ4v) is 2.72. The summed E-state index contributed by atoms with van der Waals surface area (Å²) in [5.41, 5.74) is 1.07. The number of hydrogen-bond acceptors (Lipinski definition) is 4. The molecule has 1 N–H and O–H groups in total. The molecular weight excluding hydrogens is 294 g/mol. The van der Waals surface area contributed by atoms with E-state index in [1.807, 2.05) is 32.3 Å². The summed E-state index contributed by atoms with van der Waals surface area (Å²) in [7, 11) is 3.32. The second-order valence-corrected chi connectivity index (χ2v) is 7.22. The van der Waals surface area contributed by atoms with Crippen molar-refractivity contribution in [3.05, 3.63) is 23.8 Å². The Morgan fingerprint density at radius 1 is 1.14 bits per heavy atom. The Morgan fingerprint density at radius 3 is 2.29 bits per heavy atom. The summed E-state index contributed by atoms with van der Waals surface area (Å²) in [5, 5.41) is 0. The molecule has 1 aromatic rings. The highest BCUT2D eigenvalue weighted by atomic mass is 32.2. The van der Waals surface area contributed by atoms with E-state index in [4.69, 9.17) is 14.0 Å². The molecule has 0 aromatic heterocycles. The van der Waals surface area contributed by atoms with Gasteiger partial charge in [-0.2, -0.15) is 8.42 Å². The van der Waals surface area contributed by atoms with E-state index in [2.05, 4.69) is 0 Å². The smallest absolute Gasteiger partial charge is 0.265 e. The van der Waals surface area contributed by atoms with Gasteiger partial charge in [0, 0.05) is 12.0 Å². The normalized spacial score (nSPS) is 12.2. The maximum Gasteiger partial charge on any atom is 0.265 e. The summed E-state index contributed by atoms with van der Waals surface area (Å²) >= 11 is 0. The van der Waals surface area contributed by atoms with Crippen LogP contribution in [0, 0.1) is 0 Å². The van der Waals surface area contributed by atoms with Gasteiger partial charge in [0.2, 0.25) is 0 Å². The van der Waals surface area contributed by atoms with Crippen molar-refractivity contribution in [2.24, 2.45) is 0 Å². The van der Waals surface area contributed by atoms with Gasteiger partial charge in [0.05, 0.1) is 40.6 Å². The standard InChI is InChI=1S/C14H23NO5S/c1-15(2,8-5-9-21(16,17)18)11-12-6-7-13(19-3)14(10-12)20-4/h6-7,10H,5,8-9,11H2,1-4H3/p+1. The minimum atomic E-state index is -3.89. The number of ether oxygens (including phenoxy) is 2. The first kappa shape index (κ1) is 17.7. The number of nitrogens with zero attached hydrogens (tertiary/aromatic N) is 1. The van der Waals surface area contributed by atoms with Gasteiger partial charge in [-0.25, -0.2) is 0 Å². The fraction of sp³-hybridized carbons (Fsp3) is 0.571. The number of hydrogen-bond donors (Lipinski definition) is 1. The van der Waals surface area contributed by atoms with Gasteiger partial charge in [0.1, 0.15) is 6.54 Å². The van der Waals surface area contributed by atoms with Crippen LogP contribution in [-0.2, 0) is 16.7 Å². The lowest BCUT2D eigenvalue weighted by atomic mass is 10.1. The van der Waals surface area contributed by atoms with Crippen molar-refractivity contribution in [1.29, 1.82) is 0 Å². The largest absolute Gasteiger partial charge is 0.493 e. The molecule has 0 aliphatic carbocycles. The summed E-state index contributed by atoms with van der Waals surface area (Å²) in [6, 6.07) is 5.73. The molecule has 7 heteroatoms. The molecule has 0 radical (unpaired) electrons. The third-order valence-corrected chi connectivity index (χ3v) is 4.03. The lowest BCUT2D eigenvalue weighted by Crippen LogP contribution is -2.40. The molecule has 0 bridgehead atoms. The van der Waals surface area contributed by atoms with Crippen molar-refractivity contribution in [2.75, 3.05) is 40.6 Å². The van der Waals surface area contributed by atoms with E-state index in [0.29, 0.717) is 28.9 Å². The van der Waals surface area contributed by atoms with E-state index < -0.39 is 10.1 Å². The third kappa shape index (κ3) is 6.33. The molecule has 21 heavy (non-hydrogen) atoms. The molecule has 0 unspecified atom stereocenters. The van der Waals surface area contributed by atoms with Crippen LogP contribution in [0.1, 0.15) is 12.0 Å². The Kier molecular flexibility index (Phi) is 6.00. The summed E-state index contributed by atoms with van der Waals surface area (Å²) < 4.78 is 41.3. The van der Waals surface area contributed by atoms with Crippen molar-refractivity contribution in [1.82, 2.24) is 0 Å². The number of methoxy groups -OCH3 is 2. The van der Waals surface area contributed by atoms with E-state index in [9.17, 15) is 8.42 Å². The van der Waals surface area contributed by atoms with Crippen LogP contribution in [0.3, 0.4) is 0 Å². The zero-order chi connectivity index (χ0) is 16.1. The van der Waals surface area contributed by atoms with Crippen molar-refractivity contribution in [3.8, 4) is 11.5 Å². The highest BCUT2D eigenvalue weighted by Gasteiger charge is 2.18. The van der Waals surface area contributed by atoms with Gasteiger partial charge in [-0.05, 0) is 18.2 Å². The molecule has 120 valence electrons. The second-order valence-electron chi connectivity index (χ2n) is 5.65. The Morgan fingerprint density at radius 2 is 1.76 bits per heavy atom. The van der Waals surface area contributed by atoms with Crippen LogP contribution < -0.4 is 9.47 Å². The molecule has 0 heterocycles. The Bertz CT molecular complexity index is 569. The zero-order valence-electron chi connectivity index (χ0n) is 13.0. The molecule has 0 saturated heterocycles. The Labute approximate surface area is 126 Å². The van der Waals surface area contributed by atoms with Gasteiger partial charge in [-0.15, -0.1) is 0 Å². The summed E-state index contributed by atoms with van der Waals surface area (Å²) in [4.78, 5) is 0. The molecule has 0 amide bonds. The average molecular weight is 318 g/mol. The molecule has 0 aliphatic rings. The highest BCUT2D eigenvalue weighted by molar-refractivity contribution is 7.85. The summed E-state index contributed by atoms with van der Waals surface area (Å²) in [6.45, 7) is 1.37. The van der Waals surface area contributed by atoms with Crippen LogP contribution >= 0.6 is 0 Å². The van der Waals surface area contributed by atoms with Gasteiger partial charge in [0.25, 0.3) is 10.1 Å². The number of benzene rings is 1. The lowest BCUT2D eigenvalue weighted by Gasteiger charge is -2.30. The molecule has 0 atom stereocenters. The van der Waals surface area contributed by atoms with E-state index in [1.54, 1.807) is 14.2 Å². The summed E-state index contributed by atoms with van der Waals surface area (Å²) in [6.07, 6.45) is 0.416.